The number of hydrogen-bond donors (Lipinski definition) is 2. The summed E-state index contributed by atoms with van der Waals surface area (Å²) in [6.07, 6.45) is 0.884. The summed E-state index contributed by atoms with van der Waals surface area (Å²) in [5.74, 6) is -0.583. The highest BCUT2D eigenvalue weighted by atomic mass is 16.5. The van der Waals surface area contributed by atoms with Crippen molar-refractivity contribution in [3.63, 3.8) is 0 Å². The summed E-state index contributed by atoms with van der Waals surface area (Å²) in [5.41, 5.74) is 1.35. The maximum absolute atomic E-state index is 12.2. The Bertz CT molecular complexity index is 578. The Morgan fingerprint density at radius 2 is 2.00 bits per heavy atom. The summed E-state index contributed by atoms with van der Waals surface area (Å²) in [6.45, 7) is 4.68. The standard InChI is InChI=1S/C17H23NO5/c1-12-3-4-14(13(2)9-12)23-11-15(19)18-17(10-16(20)21)5-7-22-8-6-17/h3-4,9H,5-8,10-11H2,1-2H3,(H,18,19)(H,20,21). The summed E-state index contributed by atoms with van der Waals surface area (Å²) in [4.78, 5) is 23.3. The van der Waals surface area contributed by atoms with E-state index >= 15 is 0 Å². The second kappa shape index (κ2) is 7.46. The molecule has 1 saturated heterocycles. The molecule has 0 unspecified atom stereocenters. The monoisotopic (exact) mass is 321 g/mol. The van der Waals surface area contributed by atoms with Gasteiger partial charge >= 0.3 is 5.97 Å². The zero-order valence-corrected chi connectivity index (χ0v) is 13.6. The number of amides is 1. The molecule has 6 heteroatoms. The van der Waals surface area contributed by atoms with E-state index < -0.39 is 11.5 Å². The van der Waals surface area contributed by atoms with Gasteiger partial charge in [0.15, 0.2) is 6.61 Å². The van der Waals surface area contributed by atoms with E-state index in [1.165, 1.54) is 0 Å². The van der Waals surface area contributed by atoms with Crippen molar-refractivity contribution in [1.29, 1.82) is 0 Å². The molecular formula is C17H23NO5. The zero-order valence-electron chi connectivity index (χ0n) is 13.6. The molecule has 1 heterocycles. The molecule has 1 amide bonds. The first-order valence-corrected chi connectivity index (χ1v) is 7.71. The molecule has 6 nitrogen and oxygen atoms in total. The van der Waals surface area contributed by atoms with Gasteiger partial charge in [0.05, 0.1) is 12.0 Å². The number of carbonyl (C=O) groups excluding carboxylic acids is 1. The second-order valence-electron chi connectivity index (χ2n) is 6.07. The van der Waals surface area contributed by atoms with Gasteiger partial charge in [-0.2, -0.15) is 0 Å². The smallest absolute Gasteiger partial charge is 0.305 e. The van der Waals surface area contributed by atoms with Gasteiger partial charge in [0, 0.05) is 13.2 Å². The minimum absolute atomic E-state index is 0.105. The van der Waals surface area contributed by atoms with Gasteiger partial charge in [-0.3, -0.25) is 9.59 Å². The van der Waals surface area contributed by atoms with E-state index in [9.17, 15) is 9.59 Å². The van der Waals surface area contributed by atoms with Crippen LogP contribution in [0.3, 0.4) is 0 Å². The molecule has 1 fully saturated rings. The van der Waals surface area contributed by atoms with E-state index in [2.05, 4.69) is 5.32 Å². The van der Waals surface area contributed by atoms with Crippen LogP contribution in [0.5, 0.6) is 5.75 Å². The summed E-state index contributed by atoms with van der Waals surface area (Å²) in [5, 5.41) is 11.9. The lowest BCUT2D eigenvalue weighted by molar-refractivity contribution is -0.140. The van der Waals surface area contributed by atoms with E-state index in [1.807, 2.05) is 32.0 Å². The van der Waals surface area contributed by atoms with Crippen LogP contribution in [0.4, 0.5) is 0 Å². The Balaban J connectivity index is 1.95. The topological polar surface area (TPSA) is 84.9 Å². The van der Waals surface area contributed by atoms with Crippen molar-refractivity contribution in [3.05, 3.63) is 29.3 Å². The van der Waals surface area contributed by atoms with Crippen molar-refractivity contribution in [2.45, 2.75) is 38.6 Å². The molecule has 0 bridgehead atoms. The summed E-state index contributed by atoms with van der Waals surface area (Å²) in [6, 6.07) is 5.74. The number of aryl methyl sites for hydroxylation is 2. The fourth-order valence-electron chi connectivity index (χ4n) is 2.83. The quantitative estimate of drug-likeness (QED) is 0.835. The van der Waals surface area contributed by atoms with Crippen LogP contribution in [-0.2, 0) is 14.3 Å². The van der Waals surface area contributed by atoms with Crippen molar-refractivity contribution >= 4 is 11.9 Å². The van der Waals surface area contributed by atoms with Gasteiger partial charge in [0.1, 0.15) is 5.75 Å². The summed E-state index contributed by atoms with van der Waals surface area (Å²) >= 11 is 0. The first-order valence-electron chi connectivity index (χ1n) is 7.71. The van der Waals surface area contributed by atoms with Gasteiger partial charge in [-0.15, -0.1) is 0 Å². The van der Waals surface area contributed by atoms with Gasteiger partial charge in [-0.25, -0.2) is 0 Å². The van der Waals surface area contributed by atoms with E-state index in [4.69, 9.17) is 14.6 Å². The fourth-order valence-corrected chi connectivity index (χ4v) is 2.83. The van der Waals surface area contributed by atoms with Crippen LogP contribution in [0.25, 0.3) is 0 Å². The Kier molecular flexibility index (Phi) is 5.60. The van der Waals surface area contributed by atoms with Gasteiger partial charge < -0.3 is 19.9 Å². The van der Waals surface area contributed by atoms with Gasteiger partial charge in [0.2, 0.25) is 0 Å². The second-order valence-corrected chi connectivity index (χ2v) is 6.07. The number of benzene rings is 1. The Hall–Kier alpha value is -2.08. The van der Waals surface area contributed by atoms with Gasteiger partial charge in [-0.1, -0.05) is 17.7 Å². The van der Waals surface area contributed by atoms with Crippen molar-refractivity contribution in [3.8, 4) is 5.75 Å². The zero-order chi connectivity index (χ0) is 16.9. The molecule has 1 aromatic rings. The third kappa shape index (κ3) is 4.96. The highest BCUT2D eigenvalue weighted by molar-refractivity contribution is 5.79. The molecule has 2 N–H and O–H groups in total. The van der Waals surface area contributed by atoms with Gasteiger partial charge in [-0.05, 0) is 38.3 Å². The fraction of sp³-hybridized carbons (Fsp3) is 0.529. The molecule has 0 saturated carbocycles. The van der Waals surface area contributed by atoms with Crippen LogP contribution in [0.15, 0.2) is 18.2 Å². The lowest BCUT2D eigenvalue weighted by Crippen LogP contribution is -2.54. The Morgan fingerprint density at radius 1 is 1.30 bits per heavy atom. The van der Waals surface area contributed by atoms with Crippen LogP contribution >= 0.6 is 0 Å². The van der Waals surface area contributed by atoms with Crippen molar-refractivity contribution in [1.82, 2.24) is 5.32 Å². The third-order valence-electron chi connectivity index (χ3n) is 4.03. The predicted molar refractivity (Wildman–Crippen MR) is 84.6 cm³/mol. The van der Waals surface area contributed by atoms with Crippen molar-refractivity contribution in [2.75, 3.05) is 19.8 Å². The van der Waals surface area contributed by atoms with Crippen molar-refractivity contribution < 1.29 is 24.2 Å². The molecular weight excluding hydrogens is 298 g/mol. The average molecular weight is 321 g/mol. The minimum Gasteiger partial charge on any atom is -0.484 e. The lowest BCUT2D eigenvalue weighted by atomic mass is 9.86. The number of rotatable bonds is 6. The van der Waals surface area contributed by atoms with E-state index in [1.54, 1.807) is 0 Å². The largest absolute Gasteiger partial charge is 0.484 e. The Morgan fingerprint density at radius 3 is 2.61 bits per heavy atom. The number of nitrogens with one attached hydrogen (secondary N) is 1. The number of ether oxygens (including phenoxy) is 2. The number of aliphatic carboxylic acids is 1. The maximum atomic E-state index is 12.2. The normalized spacial score (nSPS) is 16.6. The number of carbonyl (C=O) groups is 2. The van der Waals surface area contributed by atoms with E-state index in [0.29, 0.717) is 31.8 Å². The Labute approximate surface area is 135 Å². The molecule has 0 spiro atoms. The van der Waals surface area contributed by atoms with Crippen molar-refractivity contribution in [2.24, 2.45) is 0 Å². The van der Waals surface area contributed by atoms with E-state index in [0.717, 1.165) is 11.1 Å². The summed E-state index contributed by atoms with van der Waals surface area (Å²) in [7, 11) is 0. The molecule has 23 heavy (non-hydrogen) atoms. The summed E-state index contributed by atoms with van der Waals surface area (Å²) < 4.78 is 10.8. The third-order valence-corrected chi connectivity index (χ3v) is 4.03. The molecule has 126 valence electrons. The average Bonchev–Trinajstić information content (AvgIpc) is 2.46. The highest BCUT2D eigenvalue weighted by Crippen LogP contribution is 2.25. The molecule has 2 rings (SSSR count). The molecule has 1 aliphatic heterocycles. The van der Waals surface area contributed by atoms with Crippen LogP contribution in [0, 0.1) is 13.8 Å². The lowest BCUT2D eigenvalue weighted by Gasteiger charge is -2.36. The van der Waals surface area contributed by atoms with Crippen LogP contribution < -0.4 is 10.1 Å². The highest BCUT2D eigenvalue weighted by Gasteiger charge is 2.36. The van der Waals surface area contributed by atoms with Gasteiger partial charge in [0.25, 0.3) is 5.91 Å². The number of carboxylic acids is 1. The van der Waals surface area contributed by atoms with Crippen LogP contribution in [-0.4, -0.2) is 42.3 Å². The molecule has 0 radical (unpaired) electrons. The molecule has 1 aliphatic rings. The number of hydrogen-bond acceptors (Lipinski definition) is 4. The first kappa shape index (κ1) is 17.3. The van der Waals surface area contributed by atoms with E-state index in [-0.39, 0.29) is 18.9 Å². The predicted octanol–water partition coefficient (Wildman–Crippen LogP) is 1.82. The molecule has 1 aromatic carbocycles. The minimum atomic E-state index is -0.928. The molecule has 0 atom stereocenters. The van der Waals surface area contributed by atoms with Crippen LogP contribution in [0.2, 0.25) is 0 Å². The molecule has 0 aromatic heterocycles. The molecule has 0 aliphatic carbocycles. The number of carboxylic acid groups (broad SMARTS) is 1. The SMILES string of the molecule is Cc1ccc(OCC(=O)NC2(CC(=O)O)CCOCC2)c(C)c1. The first-order chi connectivity index (χ1) is 10.9. The van der Waals surface area contributed by atoms with Crippen LogP contribution in [0.1, 0.15) is 30.4 Å². The maximum Gasteiger partial charge on any atom is 0.305 e.